The van der Waals surface area contributed by atoms with Crippen molar-refractivity contribution in [1.82, 2.24) is 4.90 Å². The smallest absolute Gasteiger partial charge is 0.321 e. The third kappa shape index (κ3) is 4.77. The summed E-state index contributed by atoms with van der Waals surface area (Å²) in [6, 6.07) is 6.82. The largest absolute Gasteiger partial charge is 0.481 e. The van der Waals surface area contributed by atoms with E-state index in [0.29, 0.717) is 11.3 Å². The Morgan fingerprint density at radius 1 is 1.40 bits per heavy atom. The lowest BCUT2D eigenvalue weighted by Crippen LogP contribution is -2.39. The van der Waals surface area contributed by atoms with Crippen molar-refractivity contribution in [3.05, 3.63) is 29.8 Å². The first-order chi connectivity index (χ1) is 9.45. The fourth-order valence-corrected chi connectivity index (χ4v) is 2.42. The first kappa shape index (κ1) is 16.4. The fraction of sp³-hybridized carbons (Fsp3) is 0.429. The highest BCUT2D eigenvalue weighted by Crippen LogP contribution is 2.17. The van der Waals surface area contributed by atoms with E-state index in [1.807, 2.05) is 13.2 Å². The van der Waals surface area contributed by atoms with E-state index in [1.54, 1.807) is 48.0 Å². The molecule has 2 amide bonds. The molecule has 0 saturated carbocycles. The van der Waals surface area contributed by atoms with Crippen molar-refractivity contribution in [2.24, 2.45) is 0 Å². The number of urea groups is 1. The number of aliphatic carboxylic acids is 1. The van der Waals surface area contributed by atoms with Gasteiger partial charge in [0.15, 0.2) is 0 Å². The Morgan fingerprint density at radius 2 is 2.05 bits per heavy atom. The van der Waals surface area contributed by atoms with E-state index >= 15 is 0 Å². The summed E-state index contributed by atoms with van der Waals surface area (Å²) in [6.07, 6.45) is 1.88. The second-order valence-electron chi connectivity index (χ2n) is 4.57. The number of carboxylic acids is 1. The lowest BCUT2D eigenvalue weighted by atomic mass is 10.1. The van der Waals surface area contributed by atoms with Gasteiger partial charge in [-0.05, 0) is 24.8 Å². The summed E-state index contributed by atoms with van der Waals surface area (Å²) in [5, 5.41) is 11.6. The zero-order chi connectivity index (χ0) is 15.1. The predicted octanol–water partition coefficient (Wildman–Crippen LogP) is 2.53. The molecule has 1 rings (SSSR count). The summed E-state index contributed by atoms with van der Waals surface area (Å²) in [7, 11) is 1.73. The SMILES string of the molecule is CSCC(C)N(C)C(=O)Nc1ccccc1CC(=O)O. The molecule has 0 spiro atoms. The lowest BCUT2D eigenvalue weighted by molar-refractivity contribution is -0.136. The van der Waals surface area contributed by atoms with Gasteiger partial charge in [0.2, 0.25) is 0 Å². The molecule has 0 fully saturated rings. The first-order valence-electron chi connectivity index (χ1n) is 6.28. The number of carboxylic acid groups (broad SMARTS) is 1. The number of para-hydroxylation sites is 1. The number of nitrogens with one attached hydrogen (secondary N) is 1. The van der Waals surface area contributed by atoms with Crippen LogP contribution in [0.3, 0.4) is 0 Å². The van der Waals surface area contributed by atoms with Crippen molar-refractivity contribution in [2.75, 3.05) is 24.4 Å². The van der Waals surface area contributed by atoms with E-state index in [9.17, 15) is 9.59 Å². The van der Waals surface area contributed by atoms with E-state index < -0.39 is 5.97 Å². The highest BCUT2D eigenvalue weighted by Gasteiger charge is 2.16. The molecule has 5 nitrogen and oxygen atoms in total. The maximum atomic E-state index is 12.1. The van der Waals surface area contributed by atoms with Crippen LogP contribution in [0.2, 0.25) is 0 Å². The van der Waals surface area contributed by atoms with Gasteiger partial charge in [0, 0.05) is 24.5 Å². The minimum Gasteiger partial charge on any atom is -0.481 e. The molecule has 0 radical (unpaired) electrons. The maximum Gasteiger partial charge on any atom is 0.321 e. The van der Waals surface area contributed by atoms with Crippen molar-refractivity contribution in [3.63, 3.8) is 0 Å². The van der Waals surface area contributed by atoms with Crippen LogP contribution in [0.5, 0.6) is 0 Å². The molecule has 0 heterocycles. The number of thioether (sulfide) groups is 1. The second-order valence-corrected chi connectivity index (χ2v) is 5.48. The zero-order valence-electron chi connectivity index (χ0n) is 11.9. The molecule has 0 aliphatic heterocycles. The Morgan fingerprint density at radius 3 is 2.65 bits per heavy atom. The molecule has 110 valence electrons. The number of benzene rings is 1. The van der Waals surface area contributed by atoms with Gasteiger partial charge in [-0.2, -0.15) is 11.8 Å². The number of carbonyl (C=O) groups excluding carboxylic acids is 1. The molecular weight excluding hydrogens is 276 g/mol. The monoisotopic (exact) mass is 296 g/mol. The lowest BCUT2D eigenvalue weighted by Gasteiger charge is -2.25. The van der Waals surface area contributed by atoms with Crippen LogP contribution >= 0.6 is 11.8 Å². The van der Waals surface area contributed by atoms with Gasteiger partial charge in [0.25, 0.3) is 0 Å². The van der Waals surface area contributed by atoms with Gasteiger partial charge >= 0.3 is 12.0 Å². The molecule has 6 heteroatoms. The topological polar surface area (TPSA) is 69.6 Å². The van der Waals surface area contributed by atoms with Crippen molar-refractivity contribution >= 4 is 29.4 Å². The average molecular weight is 296 g/mol. The Labute approximate surface area is 123 Å². The molecule has 0 bridgehead atoms. The van der Waals surface area contributed by atoms with Crippen molar-refractivity contribution in [1.29, 1.82) is 0 Å². The van der Waals surface area contributed by atoms with Crippen LogP contribution in [0.25, 0.3) is 0 Å². The third-order valence-electron chi connectivity index (χ3n) is 2.99. The number of hydrogen-bond acceptors (Lipinski definition) is 3. The quantitative estimate of drug-likeness (QED) is 0.846. The summed E-state index contributed by atoms with van der Waals surface area (Å²) < 4.78 is 0. The van der Waals surface area contributed by atoms with Crippen molar-refractivity contribution < 1.29 is 14.7 Å². The Kier molecular flexibility index (Phi) is 6.38. The molecule has 1 unspecified atom stereocenters. The van der Waals surface area contributed by atoms with Gasteiger partial charge in [-0.25, -0.2) is 4.79 Å². The number of amides is 2. The molecule has 1 atom stereocenters. The van der Waals surface area contributed by atoms with Crippen LogP contribution in [0, 0.1) is 0 Å². The predicted molar refractivity (Wildman–Crippen MR) is 82.4 cm³/mol. The summed E-state index contributed by atoms with van der Waals surface area (Å²) in [6.45, 7) is 1.97. The number of nitrogens with zero attached hydrogens (tertiary/aromatic N) is 1. The molecule has 0 aromatic heterocycles. The number of rotatable bonds is 6. The number of carbonyl (C=O) groups is 2. The normalized spacial score (nSPS) is 11.8. The van der Waals surface area contributed by atoms with Crippen LogP contribution in [0.15, 0.2) is 24.3 Å². The summed E-state index contributed by atoms with van der Waals surface area (Å²) in [4.78, 5) is 24.6. The van der Waals surface area contributed by atoms with E-state index in [1.165, 1.54) is 0 Å². The number of anilines is 1. The Balaban J connectivity index is 2.77. The number of hydrogen-bond donors (Lipinski definition) is 2. The average Bonchev–Trinajstić information content (AvgIpc) is 2.39. The molecule has 1 aromatic carbocycles. The molecule has 20 heavy (non-hydrogen) atoms. The van der Waals surface area contributed by atoms with Crippen LogP contribution in [-0.2, 0) is 11.2 Å². The second kappa shape index (κ2) is 7.79. The van der Waals surface area contributed by atoms with Gasteiger partial charge < -0.3 is 15.3 Å². The van der Waals surface area contributed by atoms with E-state index in [0.717, 1.165) is 5.75 Å². The zero-order valence-corrected chi connectivity index (χ0v) is 12.7. The minimum atomic E-state index is -0.921. The van der Waals surface area contributed by atoms with Gasteiger partial charge in [-0.1, -0.05) is 18.2 Å². The molecule has 0 saturated heterocycles. The van der Waals surface area contributed by atoms with E-state index in [-0.39, 0.29) is 18.5 Å². The van der Waals surface area contributed by atoms with Crippen molar-refractivity contribution in [3.8, 4) is 0 Å². The summed E-state index contributed by atoms with van der Waals surface area (Å²) in [5.74, 6) is -0.0726. The highest BCUT2D eigenvalue weighted by atomic mass is 32.2. The summed E-state index contributed by atoms with van der Waals surface area (Å²) >= 11 is 1.67. The van der Waals surface area contributed by atoms with Crippen LogP contribution < -0.4 is 5.32 Å². The third-order valence-corrected chi connectivity index (χ3v) is 3.81. The standard InChI is InChI=1S/C14H20N2O3S/c1-10(9-20-3)16(2)14(19)15-12-7-5-4-6-11(12)8-13(17)18/h4-7,10H,8-9H2,1-3H3,(H,15,19)(H,17,18). The van der Waals surface area contributed by atoms with Gasteiger partial charge in [0.05, 0.1) is 6.42 Å². The van der Waals surface area contributed by atoms with Crippen LogP contribution in [0.4, 0.5) is 10.5 Å². The minimum absolute atomic E-state index is 0.108. The summed E-state index contributed by atoms with van der Waals surface area (Å²) in [5.41, 5.74) is 1.14. The fourth-order valence-electron chi connectivity index (χ4n) is 1.72. The molecule has 0 aliphatic rings. The van der Waals surface area contributed by atoms with Gasteiger partial charge in [0.1, 0.15) is 0 Å². The Bertz CT molecular complexity index is 479. The molecule has 0 aliphatic carbocycles. The maximum absolute atomic E-state index is 12.1. The van der Waals surface area contributed by atoms with Crippen LogP contribution in [-0.4, -0.2) is 47.1 Å². The van der Waals surface area contributed by atoms with Crippen molar-refractivity contribution in [2.45, 2.75) is 19.4 Å². The first-order valence-corrected chi connectivity index (χ1v) is 7.67. The van der Waals surface area contributed by atoms with Crippen LogP contribution in [0.1, 0.15) is 12.5 Å². The molecule has 1 aromatic rings. The van der Waals surface area contributed by atoms with E-state index in [4.69, 9.17) is 5.11 Å². The van der Waals surface area contributed by atoms with Gasteiger partial charge in [-0.3, -0.25) is 4.79 Å². The highest BCUT2D eigenvalue weighted by molar-refractivity contribution is 7.98. The Hall–Kier alpha value is -1.69. The van der Waals surface area contributed by atoms with Gasteiger partial charge in [-0.15, -0.1) is 0 Å². The molecule has 2 N–H and O–H groups in total. The van der Waals surface area contributed by atoms with E-state index in [2.05, 4.69) is 5.32 Å². The molecular formula is C14H20N2O3S.